The maximum absolute atomic E-state index is 13.1. The smallest absolute Gasteiger partial charge is 0.254 e. The summed E-state index contributed by atoms with van der Waals surface area (Å²) in [6.45, 7) is 4.70. The Morgan fingerprint density at radius 3 is 2.38 bits per heavy atom. The van der Waals surface area contributed by atoms with Crippen LogP contribution in [-0.2, 0) is 16.4 Å². The molecule has 0 aromatic heterocycles. The minimum absolute atomic E-state index is 0.0533. The molecular formula is C23H28N2O3S. The zero-order valence-electron chi connectivity index (χ0n) is 16.8. The van der Waals surface area contributed by atoms with Crippen molar-refractivity contribution in [2.45, 2.75) is 37.6 Å². The highest BCUT2D eigenvalue weighted by atomic mass is 32.2. The predicted octanol–water partition coefficient (Wildman–Crippen LogP) is 2.90. The third kappa shape index (κ3) is 4.38. The van der Waals surface area contributed by atoms with Crippen molar-refractivity contribution in [2.75, 3.05) is 25.4 Å². The van der Waals surface area contributed by atoms with E-state index in [0.29, 0.717) is 18.4 Å². The van der Waals surface area contributed by atoms with Crippen molar-refractivity contribution < 1.29 is 13.2 Å². The Morgan fingerprint density at radius 1 is 0.966 bits per heavy atom. The molecule has 1 amide bonds. The monoisotopic (exact) mass is 412 g/mol. The van der Waals surface area contributed by atoms with Gasteiger partial charge in [-0.1, -0.05) is 48.0 Å². The summed E-state index contributed by atoms with van der Waals surface area (Å²) in [5, 5.41) is -0.466. The summed E-state index contributed by atoms with van der Waals surface area (Å²) in [6, 6.07) is 17.4. The van der Waals surface area contributed by atoms with Gasteiger partial charge in [-0.15, -0.1) is 0 Å². The minimum Gasteiger partial charge on any atom is -0.333 e. The van der Waals surface area contributed by atoms with Crippen molar-refractivity contribution in [3.05, 3.63) is 71.3 Å². The van der Waals surface area contributed by atoms with Crippen LogP contribution in [0.1, 0.15) is 34.3 Å². The maximum Gasteiger partial charge on any atom is 0.254 e. The first-order chi connectivity index (χ1) is 13.9. The van der Waals surface area contributed by atoms with Crippen LogP contribution in [0.15, 0.2) is 54.6 Å². The molecule has 0 aliphatic carbocycles. The fraction of sp³-hybridized carbons (Fsp3) is 0.435. The molecule has 6 heteroatoms. The Morgan fingerprint density at radius 2 is 1.66 bits per heavy atom. The quantitative estimate of drug-likeness (QED) is 0.778. The number of hydrogen-bond donors (Lipinski definition) is 0. The van der Waals surface area contributed by atoms with Crippen LogP contribution in [-0.4, -0.2) is 60.8 Å². The number of rotatable bonds is 3. The number of carbonyl (C=O) groups is 1. The molecule has 0 radical (unpaired) electrons. The molecule has 2 heterocycles. The fourth-order valence-electron chi connectivity index (χ4n) is 4.54. The van der Waals surface area contributed by atoms with E-state index in [1.165, 1.54) is 11.1 Å². The van der Waals surface area contributed by atoms with E-state index in [2.05, 4.69) is 36.1 Å². The van der Waals surface area contributed by atoms with Crippen molar-refractivity contribution in [1.29, 1.82) is 0 Å². The summed E-state index contributed by atoms with van der Waals surface area (Å²) in [6.07, 6.45) is 1.27. The van der Waals surface area contributed by atoms with Crippen LogP contribution in [0.25, 0.3) is 0 Å². The zero-order valence-corrected chi connectivity index (χ0v) is 17.6. The lowest BCUT2D eigenvalue weighted by Gasteiger charge is -2.40. The second-order valence-corrected chi connectivity index (χ2v) is 10.5. The van der Waals surface area contributed by atoms with Crippen LogP contribution in [0.3, 0.4) is 0 Å². The van der Waals surface area contributed by atoms with Crippen molar-refractivity contribution >= 4 is 15.7 Å². The van der Waals surface area contributed by atoms with E-state index in [-0.39, 0.29) is 24.2 Å². The Balaban J connectivity index is 1.53. The second-order valence-electron chi connectivity index (χ2n) is 8.18. The van der Waals surface area contributed by atoms with Crippen LogP contribution < -0.4 is 0 Å². The lowest BCUT2D eigenvalue weighted by molar-refractivity contribution is 0.0665. The summed E-state index contributed by atoms with van der Waals surface area (Å²) in [7, 11) is -3.18. The molecule has 29 heavy (non-hydrogen) atoms. The first kappa shape index (κ1) is 20.1. The number of amides is 1. The average Bonchev–Trinajstić information content (AvgIpc) is 2.94. The van der Waals surface area contributed by atoms with Gasteiger partial charge in [0, 0.05) is 25.2 Å². The zero-order chi connectivity index (χ0) is 20.4. The number of fused-ring (bicyclic) bond motifs is 1. The topological polar surface area (TPSA) is 57.7 Å². The van der Waals surface area contributed by atoms with Crippen molar-refractivity contribution in [2.24, 2.45) is 0 Å². The molecule has 0 N–H and O–H groups in total. The molecule has 2 saturated heterocycles. The van der Waals surface area contributed by atoms with Crippen molar-refractivity contribution in [3.63, 3.8) is 0 Å². The number of likely N-dealkylation sites (tertiary alicyclic amines) is 1. The summed E-state index contributed by atoms with van der Waals surface area (Å²) >= 11 is 0. The van der Waals surface area contributed by atoms with Gasteiger partial charge in [0.25, 0.3) is 5.91 Å². The highest BCUT2D eigenvalue weighted by Crippen LogP contribution is 2.29. The predicted molar refractivity (Wildman–Crippen MR) is 115 cm³/mol. The van der Waals surface area contributed by atoms with E-state index in [0.717, 1.165) is 19.6 Å². The van der Waals surface area contributed by atoms with Gasteiger partial charge in [-0.05, 0) is 44.0 Å². The first-order valence-electron chi connectivity index (χ1n) is 10.3. The molecule has 2 aromatic rings. The molecule has 2 aromatic carbocycles. The summed E-state index contributed by atoms with van der Waals surface area (Å²) < 4.78 is 25.6. The average molecular weight is 413 g/mol. The van der Waals surface area contributed by atoms with E-state index in [9.17, 15) is 13.2 Å². The Bertz CT molecular complexity index is 957. The molecule has 5 nitrogen and oxygen atoms in total. The number of nitrogens with zero attached hydrogens (tertiary/aromatic N) is 2. The second kappa shape index (κ2) is 8.28. The highest BCUT2D eigenvalue weighted by Gasteiger charge is 2.44. The van der Waals surface area contributed by atoms with Crippen LogP contribution in [0.4, 0.5) is 0 Å². The molecule has 2 aliphatic rings. The Hall–Kier alpha value is -2.18. The minimum atomic E-state index is -3.18. The molecule has 0 unspecified atom stereocenters. The SMILES string of the molecule is Cc1ccc(CN2CC[C@@H]3[C@H](CC2)N(C(=O)c2ccccc2)CCS3(=O)=O)cc1. The number of benzene rings is 2. The summed E-state index contributed by atoms with van der Waals surface area (Å²) in [5.41, 5.74) is 3.10. The molecule has 154 valence electrons. The van der Waals surface area contributed by atoms with Gasteiger partial charge in [-0.2, -0.15) is 0 Å². The standard InChI is InChI=1S/C23H28N2O3S/c1-18-7-9-19(10-8-18)17-24-13-11-21-22(12-14-24)29(27,28)16-15-25(21)23(26)20-5-3-2-4-6-20/h2-10,21-22H,11-17H2,1H3/t21-,22+/m0/s1. The molecule has 0 bridgehead atoms. The first-order valence-corrected chi connectivity index (χ1v) is 12.0. The van der Waals surface area contributed by atoms with Crippen molar-refractivity contribution in [1.82, 2.24) is 9.80 Å². The summed E-state index contributed by atoms with van der Waals surface area (Å²) in [5.74, 6) is 0.00697. The Kier molecular flexibility index (Phi) is 5.74. The Labute approximate surface area is 173 Å². The summed E-state index contributed by atoms with van der Waals surface area (Å²) in [4.78, 5) is 17.2. The van der Waals surface area contributed by atoms with E-state index >= 15 is 0 Å². The van der Waals surface area contributed by atoms with E-state index in [4.69, 9.17) is 0 Å². The van der Waals surface area contributed by atoms with E-state index < -0.39 is 15.1 Å². The number of sulfone groups is 1. The number of carbonyl (C=O) groups excluding carboxylic acids is 1. The van der Waals surface area contributed by atoms with Gasteiger partial charge < -0.3 is 4.90 Å². The van der Waals surface area contributed by atoms with Gasteiger partial charge in [-0.25, -0.2) is 8.42 Å². The third-order valence-electron chi connectivity index (χ3n) is 6.19. The van der Waals surface area contributed by atoms with Gasteiger partial charge in [0.2, 0.25) is 0 Å². The van der Waals surface area contributed by atoms with E-state index in [1.807, 2.05) is 23.1 Å². The molecule has 0 saturated carbocycles. The van der Waals surface area contributed by atoms with E-state index in [1.54, 1.807) is 12.1 Å². The molecular weight excluding hydrogens is 384 g/mol. The van der Waals surface area contributed by atoms with Gasteiger partial charge >= 0.3 is 0 Å². The number of hydrogen-bond acceptors (Lipinski definition) is 4. The molecule has 4 rings (SSSR count). The molecule has 2 fully saturated rings. The van der Waals surface area contributed by atoms with Crippen molar-refractivity contribution in [3.8, 4) is 0 Å². The molecule has 2 atom stereocenters. The van der Waals surface area contributed by atoms with Crippen LogP contribution in [0.2, 0.25) is 0 Å². The highest BCUT2D eigenvalue weighted by molar-refractivity contribution is 7.92. The van der Waals surface area contributed by atoms with Gasteiger partial charge in [0.05, 0.1) is 17.0 Å². The van der Waals surface area contributed by atoms with Gasteiger partial charge in [0.1, 0.15) is 0 Å². The molecule has 2 aliphatic heterocycles. The van der Waals surface area contributed by atoms with Crippen LogP contribution >= 0.6 is 0 Å². The number of aryl methyl sites for hydroxylation is 1. The lowest BCUT2D eigenvalue weighted by atomic mass is 10.0. The largest absolute Gasteiger partial charge is 0.333 e. The molecule has 0 spiro atoms. The lowest BCUT2D eigenvalue weighted by Crippen LogP contribution is -2.56. The van der Waals surface area contributed by atoms with Gasteiger partial charge in [-0.3, -0.25) is 9.69 Å². The van der Waals surface area contributed by atoms with Crippen LogP contribution in [0.5, 0.6) is 0 Å². The normalized spacial score (nSPS) is 24.5. The fourth-order valence-corrected chi connectivity index (χ4v) is 6.52. The third-order valence-corrected chi connectivity index (χ3v) is 8.41. The van der Waals surface area contributed by atoms with Gasteiger partial charge in [0.15, 0.2) is 9.84 Å². The maximum atomic E-state index is 13.1. The van der Waals surface area contributed by atoms with Crippen LogP contribution in [0, 0.1) is 6.92 Å².